The van der Waals surface area contributed by atoms with Gasteiger partial charge in [0.25, 0.3) is 0 Å². The summed E-state index contributed by atoms with van der Waals surface area (Å²) in [6, 6.07) is 7.05. The van der Waals surface area contributed by atoms with Gasteiger partial charge in [-0.05, 0) is 44.3 Å². The van der Waals surface area contributed by atoms with E-state index in [9.17, 15) is 9.59 Å². The molecule has 0 saturated carbocycles. The topological polar surface area (TPSA) is 73.9 Å². The second kappa shape index (κ2) is 10.0. The number of nitrogens with one attached hydrogen (secondary N) is 2. The van der Waals surface area contributed by atoms with Gasteiger partial charge in [-0.15, -0.1) is 0 Å². The molecule has 0 unspecified atom stereocenters. The molecule has 3 amide bonds. The number of anilines is 1. The second-order valence-electron chi connectivity index (χ2n) is 6.26. The molecule has 1 aromatic carbocycles. The molecule has 0 radical (unpaired) electrons. The summed E-state index contributed by atoms with van der Waals surface area (Å²) in [5.41, 5.74) is 0.824. The van der Waals surface area contributed by atoms with Gasteiger partial charge in [0.05, 0.1) is 12.6 Å². The van der Waals surface area contributed by atoms with E-state index >= 15 is 0 Å². The third-order valence-electron chi connectivity index (χ3n) is 4.53. The zero-order valence-corrected chi connectivity index (χ0v) is 16.0. The van der Waals surface area contributed by atoms with Crippen LogP contribution in [0.15, 0.2) is 24.3 Å². The summed E-state index contributed by atoms with van der Waals surface area (Å²) in [6.45, 7) is 10.6. The van der Waals surface area contributed by atoms with E-state index in [2.05, 4.69) is 29.4 Å². The predicted octanol–water partition coefficient (Wildman–Crippen LogP) is 1.83. The maximum absolute atomic E-state index is 12.3. The van der Waals surface area contributed by atoms with Gasteiger partial charge in [-0.2, -0.15) is 0 Å². The van der Waals surface area contributed by atoms with Crippen molar-refractivity contribution in [1.29, 1.82) is 0 Å². The van der Waals surface area contributed by atoms with E-state index in [0.717, 1.165) is 31.1 Å². The van der Waals surface area contributed by atoms with Gasteiger partial charge in [0.2, 0.25) is 5.91 Å². The molecule has 2 N–H and O–H groups in total. The van der Waals surface area contributed by atoms with Crippen LogP contribution in [0.2, 0.25) is 0 Å². The second-order valence-corrected chi connectivity index (χ2v) is 6.26. The Bertz CT molecular complexity index is 587. The molecular formula is C19H30N4O3. The molecule has 1 saturated heterocycles. The molecule has 26 heavy (non-hydrogen) atoms. The quantitative estimate of drug-likeness (QED) is 0.703. The van der Waals surface area contributed by atoms with Crippen molar-refractivity contribution in [2.75, 3.05) is 44.2 Å². The van der Waals surface area contributed by atoms with Gasteiger partial charge >= 0.3 is 6.03 Å². The van der Waals surface area contributed by atoms with E-state index in [1.54, 1.807) is 4.90 Å². The highest BCUT2D eigenvalue weighted by Gasteiger charge is 2.31. The maximum atomic E-state index is 12.3. The minimum absolute atomic E-state index is 0.0163. The Morgan fingerprint density at radius 3 is 2.54 bits per heavy atom. The molecule has 2 rings (SSSR count). The van der Waals surface area contributed by atoms with Crippen LogP contribution in [0.5, 0.6) is 5.75 Å². The zero-order chi connectivity index (χ0) is 18.9. The summed E-state index contributed by atoms with van der Waals surface area (Å²) < 4.78 is 5.42. The summed E-state index contributed by atoms with van der Waals surface area (Å²) in [7, 11) is 0. The minimum Gasteiger partial charge on any atom is -0.494 e. The molecular weight excluding hydrogens is 332 g/mol. The van der Waals surface area contributed by atoms with E-state index in [1.165, 1.54) is 0 Å². The van der Waals surface area contributed by atoms with Crippen LogP contribution in [0.1, 0.15) is 27.2 Å². The Morgan fingerprint density at radius 2 is 1.92 bits per heavy atom. The van der Waals surface area contributed by atoms with Crippen LogP contribution in [0.3, 0.4) is 0 Å². The van der Waals surface area contributed by atoms with Gasteiger partial charge in [-0.1, -0.05) is 13.8 Å². The number of likely N-dealkylation sites (N-methyl/N-ethyl adjacent to an activating group) is 1. The number of ether oxygens (including phenoxy) is 1. The van der Waals surface area contributed by atoms with Crippen molar-refractivity contribution in [2.45, 2.75) is 33.2 Å². The van der Waals surface area contributed by atoms with Crippen molar-refractivity contribution in [3.05, 3.63) is 24.3 Å². The number of hydrogen-bond donors (Lipinski definition) is 2. The average molecular weight is 362 g/mol. The first kappa shape index (κ1) is 20.0. The van der Waals surface area contributed by atoms with Crippen molar-refractivity contribution in [1.82, 2.24) is 15.5 Å². The van der Waals surface area contributed by atoms with Crippen LogP contribution in [0, 0.1) is 0 Å². The standard InChI is InChI=1S/C19H30N4O3/c1-4-22(5-2)12-11-20-19(25)21-15-13-18(24)23(14-15)16-7-9-17(10-8-16)26-6-3/h7-10,15H,4-6,11-14H2,1-3H3,(H2,20,21,25)/t15-/m0/s1. The Balaban J connectivity index is 1.80. The number of urea groups is 1. The molecule has 1 atom stereocenters. The molecule has 0 bridgehead atoms. The number of benzene rings is 1. The van der Waals surface area contributed by atoms with E-state index in [4.69, 9.17) is 4.74 Å². The third-order valence-corrected chi connectivity index (χ3v) is 4.53. The van der Waals surface area contributed by atoms with Crippen molar-refractivity contribution < 1.29 is 14.3 Å². The molecule has 1 aromatic rings. The minimum atomic E-state index is -0.219. The number of amides is 3. The molecule has 7 heteroatoms. The lowest BCUT2D eigenvalue weighted by Crippen LogP contribution is -2.45. The van der Waals surface area contributed by atoms with Gasteiger partial charge in [0.1, 0.15) is 5.75 Å². The monoisotopic (exact) mass is 362 g/mol. The van der Waals surface area contributed by atoms with Crippen molar-refractivity contribution in [3.8, 4) is 5.75 Å². The number of carbonyl (C=O) groups is 2. The van der Waals surface area contributed by atoms with Gasteiger partial charge < -0.3 is 25.2 Å². The number of rotatable bonds is 9. The Labute approximate surface area is 155 Å². The summed E-state index contributed by atoms with van der Waals surface area (Å²) in [5, 5.41) is 5.76. The number of nitrogens with zero attached hydrogens (tertiary/aromatic N) is 2. The van der Waals surface area contributed by atoms with Gasteiger partial charge in [-0.25, -0.2) is 4.79 Å². The first-order valence-electron chi connectivity index (χ1n) is 9.37. The third kappa shape index (κ3) is 5.62. The van der Waals surface area contributed by atoms with Crippen LogP contribution >= 0.6 is 0 Å². The summed E-state index contributed by atoms with van der Waals surface area (Å²) in [6.07, 6.45) is 0.316. The molecule has 144 valence electrons. The van der Waals surface area contributed by atoms with E-state index < -0.39 is 0 Å². The lowest BCUT2D eigenvalue weighted by molar-refractivity contribution is -0.117. The molecule has 7 nitrogen and oxygen atoms in total. The Hall–Kier alpha value is -2.28. The highest BCUT2D eigenvalue weighted by Crippen LogP contribution is 2.24. The molecule has 1 fully saturated rings. The van der Waals surface area contributed by atoms with Crippen molar-refractivity contribution in [2.24, 2.45) is 0 Å². The highest BCUT2D eigenvalue weighted by molar-refractivity contribution is 5.96. The number of carbonyl (C=O) groups excluding carboxylic acids is 2. The molecule has 0 spiro atoms. The average Bonchev–Trinajstić information content (AvgIpc) is 3.00. The van der Waals surface area contributed by atoms with Gasteiger partial charge in [0.15, 0.2) is 0 Å². The van der Waals surface area contributed by atoms with E-state index in [1.807, 2.05) is 31.2 Å². The molecule has 1 aliphatic rings. The van der Waals surface area contributed by atoms with Crippen molar-refractivity contribution in [3.63, 3.8) is 0 Å². The van der Waals surface area contributed by atoms with Gasteiger partial charge in [0, 0.05) is 31.7 Å². The van der Waals surface area contributed by atoms with Crippen LogP contribution in [0.25, 0.3) is 0 Å². The maximum Gasteiger partial charge on any atom is 0.315 e. The smallest absolute Gasteiger partial charge is 0.315 e. The zero-order valence-electron chi connectivity index (χ0n) is 16.0. The largest absolute Gasteiger partial charge is 0.494 e. The lowest BCUT2D eigenvalue weighted by Gasteiger charge is -2.19. The fourth-order valence-electron chi connectivity index (χ4n) is 3.05. The first-order valence-corrected chi connectivity index (χ1v) is 9.37. The Kier molecular flexibility index (Phi) is 7.72. The molecule has 1 heterocycles. The SMILES string of the molecule is CCOc1ccc(N2C[C@@H](NC(=O)NCCN(CC)CC)CC2=O)cc1. The summed E-state index contributed by atoms with van der Waals surface area (Å²) in [5.74, 6) is 0.799. The summed E-state index contributed by atoms with van der Waals surface area (Å²) >= 11 is 0. The Morgan fingerprint density at radius 1 is 1.23 bits per heavy atom. The predicted molar refractivity (Wildman–Crippen MR) is 103 cm³/mol. The van der Waals surface area contributed by atoms with Crippen LogP contribution in [-0.2, 0) is 4.79 Å². The molecule has 1 aliphatic heterocycles. The molecule has 0 aromatic heterocycles. The fourth-order valence-corrected chi connectivity index (χ4v) is 3.05. The first-order chi connectivity index (χ1) is 12.6. The van der Waals surface area contributed by atoms with Crippen molar-refractivity contribution >= 4 is 17.6 Å². The lowest BCUT2D eigenvalue weighted by atomic mass is 10.2. The highest BCUT2D eigenvalue weighted by atomic mass is 16.5. The normalized spacial score (nSPS) is 16.8. The van der Waals surface area contributed by atoms with Crippen LogP contribution in [0.4, 0.5) is 10.5 Å². The van der Waals surface area contributed by atoms with Crippen LogP contribution < -0.4 is 20.3 Å². The van der Waals surface area contributed by atoms with E-state index in [-0.39, 0.29) is 18.0 Å². The van der Waals surface area contributed by atoms with E-state index in [0.29, 0.717) is 26.1 Å². The summed E-state index contributed by atoms with van der Waals surface area (Å²) in [4.78, 5) is 28.3. The number of hydrogen-bond acceptors (Lipinski definition) is 4. The van der Waals surface area contributed by atoms with Gasteiger partial charge in [-0.3, -0.25) is 4.79 Å². The fraction of sp³-hybridized carbons (Fsp3) is 0.579. The van der Waals surface area contributed by atoms with Crippen LogP contribution in [-0.4, -0.2) is 62.2 Å². The molecule has 0 aliphatic carbocycles.